The van der Waals surface area contributed by atoms with Crippen LogP contribution in [0.3, 0.4) is 0 Å². The number of ether oxygens (including phenoxy) is 6. The predicted octanol–water partition coefficient (Wildman–Crippen LogP) is 12.6. The van der Waals surface area contributed by atoms with Gasteiger partial charge < -0.3 is 43.7 Å². The highest BCUT2D eigenvalue weighted by molar-refractivity contribution is 5.71. The van der Waals surface area contributed by atoms with Crippen molar-refractivity contribution < 1.29 is 58.1 Å². The Morgan fingerprint density at radius 1 is 0.377 bits per heavy atom. The summed E-state index contributed by atoms with van der Waals surface area (Å²) in [5.74, 6) is -1.06. The smallest absolute Gasteiger partial charge is 0.306 e. The zero-order valence-electron chi connectivity index (χ0n) is 44.3. The number of hydrogen-bond acceptors (Lipinski definition) is 12. The first kappa shape index (κ1) is 61.5. The van der Waals surface area contributed by atoms with Crippen LogP contribution in [0.15, 0.2) is 0 Å². The highest BCUT2D eigenvalue weighted by Crippen LogP contribution is 2.34. The molecule has 0 bridgehead atoms. The molecule has 12 heteroatoms. The second kappa shape index (κ2) is 39.7. The number of carbonyl (C=O) groups is 3. The molecule has 0 aromatic heterocycles. The molecular weight excluding hydrogens is 877 g/mol. The molecule has 3 saturated heterocycles. The Morgan fingerprint density at radius 3 is 1.00 bits per heavy atom. The summed E-state index contributed by atoms with van der Waals surface area (Å²) in [6, 6.07) is 0. The van der Waals surface area contributed by atoms with Crippen LogP contribution in [0.5, 0.6) is 0 Å². The molecule has 0 spiro atoms. The Balaban J connectivity index is 1.24. The van der Waals surface area contributed by atoms with Crippen LogP contribution in [-0.2, 0) is 42.8 Å². The van der Waals surface area contributed by atoms with Crippen LogP contribution >= 0.6 is 0 Å². The molecule has 0 aromatic rings. The van der Waals surface area contributed by atoms with Crippen molar-refractivity contribution in [3.63, 3.8) is 0 Å². The van der Waals surface area contributed by atoms with Gasteiger partial charge in [0.05, 0.1) is 54.9 Å². The minimum absolute atomic E-state index is 0.141. The van der Waals surface area contributed by atoms with Gasteiger partial charge in [0, 0.05) is 38.5 Å². The third-order valence-electron chi connectivity index (χ3n) is 14.5. The van der Waals surface area contributed by atoms with Crippen molar-refractivity contribution in [2.45, 2.75) is 332 Å². The largest absolute Gasteiger partial charge is 0.462 e. The van der Waals surface area contributed by atoms with E-state index in [1.54, 1.807) is 0 Å². The highest BCUT2D eigenvalue weighted by atomic mass is 16.6. The molecule has 12 nitrogen and oxygen atoms in total. The molecule has 69 heavy (non-hydrogen) atoms. The van der Waals surface area contributed by atoms with Crippen molar-refractivity contribution >= 4 is 17.9 Å². The molecule has 3 aliphatic rings. The van der Waals surface area contributed by atoms with E-state index in [0.29, 0.717) is 6.42 Å². The van der Waals surface area contributed by atoms with E-state index >= 15 is 0 Å². The van der Waals surface area contributed by atoms with Crippen molar-refractivity contribution in [1.82, 2.24) is 0 Å². The molecule has 0 radical (unpaired) electrons. The maximum atomic E-state index is 12.9. The normalized spacial score (nSPS) is 22.2. The van der Waals surface area contributed by atoms with E-state index in [1.165, 1.54) is 57.8 Å². The second-order valence-corrected chi connectivity index (χ2v) is 21.3. The summed E-state index contributed by atoms with van der Waals surface area (Å²) >= 11 is 0. The zero-order valence-corrected chi connectivity index (χ0v) is 44.3. The minimum Gasteiger partial charge on any atom is -0.462 e. The van der Waals surface area contributed by atoms with Gasteiger partial charge in [-0.15, -0.1) is 0 Å². The molecule has 0 amide bonds. The van der Waals surface area contributed by atoms with E-state index in [0.717, 1.165) is 167 Å². The lowest BCUT2D eigenvalue weighted by Gasteiger charge is -2.18. The second-order valence-electron chi connectivity index (χ2n) is 21.3. The SMILES string of the molecule is CCCCCC[C@@H](O)CC1OC1CCCCCCCC(=O)OCC(COC(=O)CCCCCCCC1OC1C[C@H](O)CCCCCC)OC(=O)CCCCCCCC1OC1C[C@H](O)CCCCCC. The monoisotopic (exact) mass is 981 g/mol. The number of esters is 3. The number of rotatable bonds is 50. The molecule has 404 valence electrons. The summed E-state index contributed by atoms with van der Waals surface area (Å²) in [6.45, 7) is 6.31. The lowest BCUT2D eigenvalue weighted by molar-refractivity contribution is -0.167. The van der Waals surface area contributed by atoms with Crippen LogP contribution in [0, 0.1) is 0 Å². The van der Waals surface area contributed by atoms with Gasteiger partial charge in [0.15, 0.2) is 6.10 Å². The van der Waals surface area contributed by atoms with Crippen LogP contribution in [0.25, 0.3) is 0 Å². The average molecular weight is 981 g/mol. The summed E-state index contributed by atoms with van der Waals surface area (Å²) in [6.07, 6.45) is 37.1. The van der Waals surface area contributed by atoms with E-state index in [1.807, 2.05) is 0 Å². The number of aliphatic hydroxyl groups excluding tert-OH is 3. The number of unbranched alkanes of at least 4 members (excludes halogenated alkanes) is 21. The fourth-order valence-corrected chi connectivity index (χ4v) is 9.81. The maximum Gasteiger partial charge on any atom is 0.306 e. The van der Waals surface area contributed by atoms with Gasteiger partial charge in [0.1, 0.15) is 13.2 Å². The Labute approximate surface area is 420 Å². The number of carbonyl (C=O) groups excluding carboxylic acids is 3. The molecule has 3 heterocycles. The molecule has 3 aliphatic heterocycles. The molecular formula is C57H104O12. The zero-order chi connectivity index (χ0) is 49.7. The van der Waals surface area contributed by atoms with Gasteiger partial charge in [-0.2, -0.15) is 0 Å². The summed E-state index contributed by atoms with van der Waals surface area (Å²) in [4.78, 5) is 38.3. The number of hydrogen-bond donors (Lipinski definition) is 3. The van der Waals surface area contributed by atoms with Crippen LogP contribution in [0.2, 0.25) is 0 Å². The van der Waals surface area contributed by atoms with Gasteiger partial charge in [0.2, 0.25) is 0 Å². The van der Waals surface area contributed by atoms with Crippen LogP contribution in [0.4, 0.5) is 0 Å². The van der Waals surface area contributed by atoms with E-state index < -0.39 is 6.10 Å². The van der Waals surface area contributed by atoms with Crippen molar-refractivity contribution in [3.8, 4) is 0 Å². The van der Waals surface area contributed by atoms with Gasteiger partial charge in [-0.25, -0.2) is 0 Å². The van der Waals surface area contributed by atoms with E-state index in [4.69, 9.17) is 28.4 Å². The highest BCUT2D eigenvalue weighted by Gasteiger charge is 2.40. The van der Waals surface area contributed by atoms with Gasteiger partial charge in [-0.3, -0.25) is 14.4 Å². The summed E-state index contributed by atoms with van der Waals surface area (Å²) < 4.78 is 34.2. The molecule has 6 unspecified atom stereocenters. The first-order valence-electron chi connectivity index (χ1n) is 29.1. The Bertz CT molecular complexity index is 1220. The van der Waals surface area contributed by atoms with Crippen LogP contribution in [-0.4, -0.2) is 107 Å². The Kier molecular flexibility index (Phi) is 35.3. The minimum atomic E-state index is -0.849. The fourth-order valence-electron chi connectivity index (χ4n) is 9.81. The first-order chi connectivity index (χ1) is 33.6. The Morgan fingerprint density at radius 2 is 0.667 bits per heavy atom. The van der Waals surface area contributed by atoms with E-state index in [9.17, 15) is 29.7 Å². The number of epoxide rings is 3. The van der Waals surface area contributed by atoms with Crippen molar-refractivity contribution in [2.75, 3.05) is 13.2 Å². The summed E-state index contributed by atoms with van der Waals surface area (Å²) in [5.41, 5.74) is 0. The molecule has 3 rings (SSSR count). The van der Waals surface area contributed by atoms with Gasteiger partial charge >= 0.3 is 17.9 Å². The summed E-state index contributed by atoms with van der Waals surface area (Å²) in [7, 11) is 0. The first-order valence-corrected chi connectivity index (χ1v) is 29.1. The molecule has 3 fully saturated rings. The predicted molar refractivity (Wildman–Crippen MR) is 273 cm³/mol. The molecule has 0 aromatic carbocycles. The van der Waals surface area contributed by atoms with E-state index in [-0.39, 0.29) is 105 Å². The molecule has 9 atom stereocenters. The molecule has 0 aliphatic carbocycles. The van der Waals surface area contributed by atoms with Crippen molar-refractivity contribution in [3.05, 3.63) is 0 Å². The van der Waals surface area contributed by atoms with Gasteiger partial charge in [0.25, 0.3) is 0 Å². The van der Waals surface area contributed by atoms with Crippen LogP contribution < -0.4 is 0 Å². The standard InChI is InChI=1S/C57H104O12/c1-4-7-10-22-31-45(58)40-52-49(67-52)34-25-16-13-19-28-37-55(61)64-43-48(66-57(63)39-30-21-15-18-27-36-51-54(69-51)42-47(60)33-24-12-9-6-3)44-65-56(62)38-29-20-14-17-26-35-50-53(68-50)41-46(59)32-23-11-8-5-2/h45-54,58-60H,4-44H2,1-3H3/t45-,46-,47-,48?,49?,50?,51?,52?,53?,54?/m1/s1. The van der Waals surface area contributed by atoms with Gasteiger partial charge in [-0.1, -0.05) is 175 Å². The lowest BCUT2D eigenvalue weighted by atomic mass is 10.0. The van der Waals surface area contributed by atoms with Crippen molar-refractivity contribution in [2.24, 2.45) is 0 Å². The fraction of sp³-hybridized carbons (Fsp3) is 0.947. The quantitative estimate of drug-likeness (QED) is 0.0228. The van der Waals surface area contributed by atoms with Gasteiger partial charge in [-0.05, 0) is 57.8 Å². The third-order valence-corrected chi connectivity index (χ3v) is 14.5. The van der Waals surface area contributed by atoms with Crippen molar-refractivity contribution in [1.29, 1.82) is 0 Å². The van der Waals surface area contributed by atoms with E-state index in [2.05, 4.69) is 20.8 Å². The maximum absolute atomic E-state index is 12.9. The average Bonchev–Trinajstić information content (AvgIpc) is 4.29. The number of aliphatic hydroxyl groups is 3. The Hall–Kier alpha value is -1.83. The lowest BCUT2D eigenvalue weighted by Crippen LogP contribution is -2.30. The summed E-state index contributed by atoms with van der Waals surface area (Å²) in [5, 5.41) is 30.9. The molecule has 0 saturated carbocycles. The topological polar surface area (TPSA) is 177 Å². The third kappa shape index (κ3) is 33.5. The van der Waals surface area contributed by atoms with Crippen LogP contribution in [0.1, 0.15) is 271 Å². The molecule has 3 N–H and O–H groups in total.